The minimum atomic E-state index is -2.67. The van der Waals surface area contributed by atoms with E-state index in [-0.39, 0.29) is 43.4 Å². The predicted molar refractivity (Wildman–Crippen MR) is 120 cm³/mol. The summed E-state index contributed by atoms with van der Waals surface area (Å²) in [6.07, 6.45) is 3.49. The van der Waals surface area contributed by atoms with Crippen molar-refractivity contribution >= 4 is 16.9 Å². The Labute approximate surface area is 190 Å². The van der Waals surface area contributed by atoms with Crippen LogP contribution in [0.4, 0.5) is 14.5 Å². The van der Waals surface area contributed by atoms with Gasteiger partial charge in [-0.2, -0.15) is 5.10 Å². The molecular weight excluding hydrogens is 430 g/mol. The van der Waals surface area contributed by atoms with Gasteiger partial charge < -0.3 is 9.64 Å². The van der Waals surface area contributed by atoms with Gasteiger partial charge in [-0.05, 0) is 32.8 Å². The van der Waals surface area contributed by atoms with Crippen LogP contribution in [0.2, 0.25) is 0 Å². The number of morpholine rings is 1. The molecule has 3 aromatic heterocycles. The number of halogens is 2. The standard InChI is InChI=1S/C23H28F2N6O2/c1-14-15(2)28-21-18(27-14)10-19(22(32)31(21)17-4-6-23(24,25)7-5-17)30-8-9-33-20(13-30)16-11-26-29(3)12-16/h10-12,17,20H,4-9,13H2,1-3H3. The first-order chi connectivity index (χ1) is 15.7. The highest BCUT2D eigenvalue weighted by atomic mass is 19.3. The van der Waals surface area contributed by atoms with Crippen molar-refractivity contribution in [3.05, 3.63) is 45.8 Å². The van der Waals surface area contributed by atoms with Gasteiger partial charge in [0.1, 0.15) is 17.3 Å². The predicted octanol–water partition coefficient (Wildman–Crippen LogP) is 3.47. The van der Waals surface area contributed by atoms with Crippen LogP contribution < -0.4 is 10.5 Å². The number of hydrogen-bond donors (Lipinski definition) is 0. The van der Waals surface area contributed by atoms with Gasteiger partial charge in [0.05, 0.1) is 24.2 Å². The zero-order valence-electron chi connectivity index (χ0n) is 19.1. The summed E-state index contributed by atoms with van der Waals surface area (Å²) in [5, 5.41) is 4.23. The first kappa shape index (κ1) is 21.9. The second-order valence-electron chi connectivity index (χ2n) is 9.15. The zero-order chi connectivity index (χ0) is 23.3. The molecule has 0 spiro atoms. The molecule has 3 aromatic rings. The van der Waals surface area contributed by atoms with Crippen molar-refractivity contribution in [1.29, 1.82) is 0 Å². The smallest absolute Gasteiger partial charge is 0.276 e. The van der Waals surface area contributed by atoms with Crippen molar-refractivity contribution in [3.8, 4) is 0 Å². The van der Waals surface area contributed by atoms with E-state index in [4.69, 9.17) is 9.72 Å². The SMILES string of the molecule is Cc1nc2cc(N3CCOC(c4cnn(C)c4)C3)c(=O)n(C3CCC(F)(F)CC3)c2nc1C. The lowest BCUT2D eigenvalue weighted by Crippen LogP contribution is -2.43. The van der Waals surface area contributed by atoms with Crippen LogP contribution in [0, 0.1) is 13.8 Å². The molecular formula is C23H28F2N6O2. The fourth-order valence-electron chi connectivity index (χ4n) is 4.82. The van der Waals surface area contributed by atoms with Crippen LogP contribution in [0.3, 0.4) is 0 Å². The van der Waals surface area contributed by atoms with Gasteiger partial charge in [0.15, 0.2) is 5.65 Å². The number of alkyl halides is 2. The molecule has 1 saturated carbocycles. The lowest BCUT2D eigenvalue weighted by Gasteiger charge is -2.35. The van der Waals surface area contributed by atoms with Crippen molar-refractivity contribution in [2.75, 3.05) is 24.6 Å². The van der Waals surface area contributed by atoms with Crippen molar-refractivity contribution in [2.45, 2.75) is 57.6 Å². The topological polar surface area (TPSA) is 78.1 Å². The van der Waals surface area contributed by atoms with E-state index in [9.17, 15) is 13.6 Å². The van der Waals surface area contributed by atoms with Crippen LogP contribution in [0.1, 0.15) is 54.8 Å². The van der Waals surface area contributed by atoms with E-state index in [1.807, 2.05) is 32.0 Å². The lowest BCUT2D eigenvalue weighted by atomic mass is 9.92. The molecule has 0 radical (unpaired) electrons. The minimum Gasteiger partial charge on any atom is -0.370 e. The highest BCUT2D eigenvalue weighted by molar-refractivity contribution is 5.76. The summed E-state index contributed by atoms with van der Waals surface area (Å²) in [7, 11) is 1.85. The number of rotatable bonds is 3. The van der Waals surface area contributed by atoms with Gasteiger partial charge in [0.25, 0.3) is 5.56 Å². The van der Waals surface area contributed by atoms with E-state index in [1.165, 1.54) is 0 Å². The number of anilines is 1. The van der Waals surface area contributed by atoms with Crippen LogP contribution >= 0.6 is 0 Å². The lowest BCUT2D eigenvalue weighted by molar-refractivity contribution is -0.0439. The summed E-state index contributed by atoms with van der Waals surface area (Å²) in [4.78, 5) is 25.2. The molecule has 0 bridgehead atoms. The second-order valence-corrected chi connectivity index (χ2v) is 9.15. The molecule has 0 amide bonds. The Morgan fingerprint density at radius 1 is 1.15 bits per heavy atom. The van der Waals surface area contributed by atoms with Crippen LogP contribution in [0.15, 0.2) is 23.3 Å². The van der Waals surface area contributed by atoms with E-state index in [0.717, 1.165) is 17.0 Å². The average molecular weight is 459 g/mol. The number of aromatic nitrogens is 5. The van der Waals surface area contributed by atoms with Gasteiger partial charge in [-0.15, -0.1) is 0 Å². The molecule has 2 fully saturated rings. The second kappa shape index (κ2) is 8.16. The molecule has 1 aliphatic carbocycles. The Hall–Kier alpha value is -2.88. The summed E-state index contributed by atoms with van der Waals surface area (Å²) in [5.41, 5.74) is 3.84. The Bertz CT molecular complexity index is 1240. The summed E-state index contributed by atoms with van der Waals surface area (Å²) in [6, 6.07) is 1.46. The normalized spacial score (nSPS) is 21.6. The third-order valence-electron chi connectivity index (χ3n) is 6.81. The highest BCUT2D eigenvalue weighted by Crippen LogP contribution is 2.39. The highest BCUT2D eigenvalue weighted by Gasteiger charge is 2.37. The number of nitrogens with zero attached hydrogens (tertiary/aromatic N) is 6. The molecule has 8 nitrogen and oxygen atoms in total. The molecule has 10 heteroatoms. The molecule has 2 aliphatic rings. The number of hydrogen-bond acceptors (Lipinski definition) is 6. The monoisotopic (exact) mass is 458 g/mol. The van der Waals surface area contributed by atoms with Gasteiger partial charge in [-0.25, -0.2) is 18.7 Å². The summed E-state index contributed by atoms with van der Waals surface area (Å²) in [5.74, 6) is -2.67. The maximum Gasteiger partial charge on any atom is 0.276 e. The largest absolute Gasteiger partial charge is 0.370 e. The zero-order valence-corrected chi connectivity index (χ0v) is 19.1. The molecule has 1 saturated heterocycles. The molecule has 1 atom stereocenters. The molecule has 1 aliphatic heterocycles. The molecule has 1 unspecified atom stereocenters. The molecule has 0 aromatic carbocycles. The molecule has 5 rings (SSSR count). The molecule has 33 heavy (non-hydrogen) atoms. The average Bonchev–Trinajstić information content (AvgIpc) is 3.22. The number of pyridine rings is 1. The van der Waals surface area contributed by atoms with E-state index in [1.54, 1.807) is 21.5 Å². The van der Waals surface area contributed by atoms with Gasteiger partial charge in [0.2, 0.25) is 5.92 Å². The van der Waals surface area contributed by atoms with Crippen LogP contribution in [0.5, 0.6) is 0 Å². The molecule has 4 heterocycles. The van der Waals surface area contributed by atoms with Gasteiger partial charge in [0, 0.05) is 50.8 Å². The Morgan fingerprint density at radius 3 is 2.58 bits per heavy atom. The molecule has 176 valence electrons. The van der Waals surface area contributed by atoms with Crippen LogP contribution in [-0.4, -0.2) is 49.9 Å². The Balaban J connectivity index is 1.58. The maximum atomic E-state index is 13.9. The van der Waals surface area contributed by atoms with Crippen molar-refractivity contribution in [1.82, 2.24) is 24.3 Å². The van der Waals surface area contributed by atoms with E-state index < -0.39 is 5.92 Å². The first-order valence-corrected chi connectivity index (χ1v) is 11.4. The van der Waals surface area contributed by atoms with Crippen LogP contribution in [0.25, 0.3) is 11.2 Å². The fraction of sp³-hybridized carbons (Fsp3) is 0.565. The van der Waals surface area contributed by atoms with Crippen LogP contribution in [-0.2, 0) is 11.8 Å². The summed E-state index contributed by atoms with van der Waals surface area (Å²) >= 11 is 0. The number of aryl methyl sites for hydroxylation is 3. The summed E-state index contributed by atoms with van der Waals surface area (Å²) in [6.45, 7) is 5.24. The number of ether oxygens (including phenoxy) is 1. The van der Waals surface area contributed by atoms with Crippen molar-refractivity contribution in [2.24, 2.45) is 7.05 Å². The number of fused-ring (bicyclic) bond motifs is 1. The van der Waals surface area contributed by atoms with Gasteiger partial charge >= 0.3 is 0 Å². The van der Waals surface area contributed by atoms with Crippen molar-refractivity contribution in [3.63, 3.8) is 0 Å². The van der Waals surface area contributed by atoms with Crippen molar-refractivity contribution < 1.29 is 13.5 Å². The first-order valence-electron chi connectivity index (χ1n) is 11.4. The summed E-state index contributed by atoms with van der Waals surface area (Å²) < 4.78 is 37.0. The maximum absolute atomic E-state index is 13.9. The third kappa shape index (κ3) is 4.12. The molecule has 0 N–H and O–H groups in total. The quantitative estimate of drug-likeness (QED) is 0.598. The fourth-order valence-corrected chi connectivity index (χ4v) is 4.82. The Morgan fingerprint density at radius 2 is 1.88 bits per heavy atom. The minimum absolute atomic E-state index is 0.206. The third-order valence-corrected chi connectivity index (χ3v) is 6.81. The van der Waals surface area contributed by atoms with E-state index >= 15 is 0 Å². The Kier molecular flexibility index (Phi) is 5.43. The van der Waals surface area contributed by atoms with Gasteiger partial charge in [-0.1, -0.05) is 0 Å². The van der Waals surface area contributed by atoms with E-state index in [2.05, 4.69) is 10.1 Å². The van der Waals surface area contributed by atoms with Gasteiger partial charge in [-0.3, -0.25) is 14.0 Å². The van der Waals surface area contributed by atoms with E-state index in [0.29, 0.717) is 36.5 Å².